The fraction of sp³-hybridized carbons (Fsp3) is 0.429. The number of nitrogens with zero attached hydrogens (tertiary/aromatic N) is 1. The summed E-state index contributed by atoms with van der Waals surface area (Å²) in [4.78, 5) is 24.8. The van der Waals surface area contributed by atoms with Gasteiger partial charge in [-0.25, -0.2) is 0 Å². The summed E-state index contributed by atoms with van der Waals surface area (Å²) in [5.41, 5.74) is 1.49. The second kappa shape index (κ2) is 6.70. The second-order valence-electron chi connectivity index (χ2n) is 4.54. The molecular weight excluding hydrogens is 310 g/mol. The Morgan fingerprint density at radius 3 is 2.53 bits per heavy atom. The summed E-state index contributed by atoms with van der Waals surface area (Å²) < 4.78 is 0.920. The number of hydrogen-bond acceptors (Lipinski definition) is 2. The lowest BCUT2D eigenvalue weighted by Gasteiger charge is -2.23. The third kappa shape index (κ3) is 4.06. The minimum absolute atomic E-state index is 0.124. The van der Waals surface area contributed by atoms with Gasteiger partial charge in [0.2, 0.25) is 0 Å². The van der Waals surface area contributed by atoms with E-state index in [2.05, 4.69) is 15.9 Å². The van der Waals surface area contributed by atoms with E-state index in [1.165, 1.54) is 0 Å². The second-order valence-corrected chi connectivity index (χ2v) is 5.46. The lowest BCUT2D eigenvalue weighted by atomic mass is 10.1. The Morgan fingerprint density at radius 2 is 2.05 bits per heavy atom. The van der Waals surface area contributed by atoms with Gasteiger partial charge in [-0.1, -0.05) is 22.9 Å². The number of aliphatic carboxylic acids is 1. The van der Waals surface area contributed by atoms with Crippen LogP contribution in [0.4, 0.5) is 0 Å². The Bertz CT molecular complexity index is 488. The molecule has 0 fully saturated rings. The highest BCUT2D eigenvalue weighted by atomic mass is 79.9. The van der Waals surface area contributed by atoms with Crippen LogP contribution in [0.3, 0.4) is 0 Å². The molecule has 1 aromatic carbocycles. The van der Waals surface area contributed by atoms with Crippen LogP contribution in [0, 0.1) is 12.8 Å². The van der Waals surface area contributed by atoms with Crippen LogP contribution in [0.25, 0.3) is 0 Å². The molecule has 0 saturated heterocycles. The van der Waals surface area contributed by atoms with E-state index < -0.39 is 11.9 Å². The van der Waals surface area contributed by atoms with Crippen molar-refractivity contribution >= 4 is 27.8 Å². The average molecular weight is 328 g/mol. The fourth-order valence-corrected chi connectivity index (χ4v) is 2.28. The predicted molar refractivity (Wildman–Crippen MR) is 77.3 cm³/mol. The van der Waals surface area contributed by atoms with Crippen LogP contribution in [0.15, 0.2) is 22.7 Å². The van der Waals surface area contributed by atoms with Crippen molar-refractivity contribution in [3.8, 4) is 0 Å². The number of carboxylic acids is 1. The summed E-state index contributed by atoms with van der Waals surface area (Å²) in [6, 6.07) is 5.45. The first-order chi connectivity index (χ1) is 8.86. The maximum atomic E-state index is 12.4. The summed E-state index contributed by atoms with van der Waals surface area (Å²) in [7, 11) is 0. The number of rotatable bonds is 5. The van der Waals surface area contributed by atoms with E-state index in [1.807, 2.05) is 26.0 Å². The number of hydrogen-bond donors (Lipinski definition) is 1. The molecule has 0 aliphatic heterocycles. The summed E-state index contributed by atoms with van der Waals surface area (Å²) in [6.45, 7) is 6.03. The van der Waals surface area contributed by atoms with Gasteiger partial charge in [0, 0.05) is 23.1 Å². The van der Waals surface area contributed by atoms with Gasteiger partial charge in [-0.3, -0.25) is 9.59 Å². The number of aryl methyl sites for hydroxylation is 1. The Hall–Kier alpha value is -1.36. The van der Waals surface area contributed by atoms with Gasteiger partial charge in [-0.05, 0) is 37.6 Å². The van der Waals surface area contributed by atoms with Crippen molar-refractivity contribution in [3.63, 3.8) is 0 Å². The topological polar surface area (TPSA) is 57.6 Å². The van der Waals surface area contributed by atoms with Gasteiger partial charge >= 0.3 is 5.97 Å². The first-order valence-corrected chi connectivity index (χ1v) is 6.94. The minimum atomic E-state index is -0.890. The van der Waals surface area contributed by atoms with Gasteiger partial charge in [0.05, 0.1) is 5.92 Å². The van der Waals surface area contributed by atoms with Gasteiger partial charge < -0.3 is 10.0 Å². The van der Waals surface area contributed by atoms with Gasteiger partial charge in [0.1, 0.15) is 0 Å². The monoisotopic (exact) mass is 327 g/mol. The lowest BCUT2D eigenvalue weighted by molar-refractivity contribution is -0.141. The first-order valence-electron chi connectivity index (χ1n) is 6.15. The van der Waals surface area contributed by atoms with E-state index >= 15 is 0 Å². The molecule has 1 unspecified atom stereocenters. The molecule has 0 bridgehead atoms. The largest absolute Gasteiger partial charge is 0.481 e. The fourth-order valence-electron chi connectivity index (χ4n) is 1.80. The standard InChI is InChI=1S/C14H18BrNO3/c1-4-16(8-10(3)14(18)19)13(17)12-6-5-11(15)7-9(12)2/h5-7,10H,4,8H2,1-3H3,(H,18,19). The van der Waals surface area contributed by atoms with E-state index in [-0.39, 0.29) is 12.5 Å². The SMILES string of the molecule is CCN(CC(C)C(=O)O)C(=O)c1ccc(Br)cc1C. The molecule has 0 saturated carbocycles. The molecule has 0 radical (unpaired) electrons. The summed E-state index contributed by atoms with van der Waals surface area (Å²) in [6.07, 6.45) is 0. The van der Waals surface area contributed by atoms with E-state index in [1.54, 1.807) is 17.9 Å². The third-order valence-corrected chi connectivity index (χ3v) is 3.50. The molecule has 5 heteroatoms. The van der Waals surface area contributed by atoms with Crippen LogP contribution in [0.1, 0.15) is 29.8 Å². The summed E-state index contributed by atoms with van der Waals surface area (Å²) in [5.74, 6) is -1.58. The molecule has 19 heavy (non-hydrogen) atoms. The van der Waals surface area contributed by atoms with Crippen molar-refractivity contribution < 1.29 is 14.7 Å². The molecule has 0 spiro atoms. The average Bonchev–Trinajstić information content (AvgIpc) is 2.34. The van der Waals surface area contributed by atoms with Gasteiger partial charge in [-0.2, -0.15) is 0 Å². The number of carbonyl (C=O) groups excluding carboxylic acids is 1. The van der Waals surface area contributed by atoms with Crippen molar-refractivity contribution in [1.29, 1.82) is 0 Å². The normalized spacial score (nSPS) is 12.0. The van der Waals surface area contributed by atoms with Crippen LogP contribution in [-0.2, 0) is 4.79 Å². The van der Waals surface area contributed by atoms with Gasteiger partial charge in [-0.15, -0.1) is 0 Å². The van der Waals surface area contributed by atoms with E-state index in [4.69, 9.17) is 5.11 Å². The first kappa shape index (κ1) is 15.7. The molecule has 1 atom stereocenters. The van der Waals surface area contributed by atoms with Gasteiger partial charge in [0.15, 0.2) is 0 Å². The molecule has 0 aliphatic carbocycles. The number of benzene rings is 1. The van der Waals surface area contributed by atoms with Crippen molar-refractivity contribution in [2.75, 3.05) is 13.1 Å². The highest BCUT2D eigenvalue weighted by Crippen LogP contribution is 2.18. The Morgan fingerprint density at radius 1 is 1.42 bits per heavy atom. The molecule has 1 rings (SSSR count). The van der Waals surface area contributed by atoms with Crippen LogP contribution >= 0.6 is 15.9 Å². The van der Waals surface area contributed by atoms with Crippen molar-refractivity contribution in [3.05, 3.63) is 33.8 Å². The Labute approximate surface area is 121 Å². The summed E-state index contributed by atoms with van der Waals surface area (Å²) in [5, 5.41) is 8.93. The third-order valence-electron chi connectivity index (χ3n) is 3.00. The molecular formula is C14H18BrNO3. The smallest absolute Gasteiger partial charge is 0.308 e. The molecule has 1 amide bonds. The summed E-state index contributed by atoms with van der Waals surface area (Å²) >= 11 is 3.36. The maximum Gasteiger partial charge on any atom is 0.308 e. The van der Waals surface area contributed by atoms with Crippen LogP contribution in [0.5, 0.6) is 0 Å². The zero-order valence-corrected chi connectivity index (χ0v) is 12.9. The highest BCUT2D eigenvalue weighted by Gasteiger charge is 2.21. The number of amides is 1. The molecule has 0 heterocycles. The molecule has 0 aromatic heterocycles. The van der Waals surface area contributed by atoms with Crippen molar-refractivity contribution in [1.82, 2.24) is 4.90 Å². The van der Waals surface area contributed by atoms with E-state index in [0.717, 1.165) is 10.0 Å². The zero-order chi connectivity index (χ0) is 14.6. The molecule has 1 N–H and O–H groups in total. The lowest BCUT2D eigenvalue weighted by Crippen LogP contribution is -2.37. The van der Waals surface area contributed by atoms with E-state index in [9.17, 15) is 9.59 Å². The van der Waals surface area contributed by atoms with E-state index in [0.29, 0.717) is 12.1 Å². The van der Waals surface area contributed by atoms with Crippen molar-refractivity contribution in [2.24, 2.45) is 5.92 Å². The molecule has 1 aromatic rings. The van der Waals surface area contributed by atoms with Crippen LogP contribution < -0.4 is 0 Å². The maximum absolute atomic E-state index is 12.4. The predicted octanol–water partition coefficient (Wildman–Crippen LogP) is 2.94. The number of carbonyl (C=O) groups is 2. The number of halogens is 1. The number of carboxylic acid groups (broad SMARTS) is 1. The Kier molecular flexibility index (Phi) is 5.54. The quantitative estimate of drug-likeness (QED) is 0.904. The zero-order valence-electron chi connectivity index (χ0n) is 11.3. The molecule has 4 nitrogen and oxygen atoms in total. The van der Waals surface area contributed by atoms with Crippen molar-refractivity contribution in [2.45, 2.75) is 20.8 Å². The highest BCUT2D eigenvalue weighted by molar-refractivity contribution is 9.10. The van der Waals surface area contributed by atoms with Crippen LogP contribution in [0.2, 0.25) is 0 Å². The minimum Gasteiger partial charge on any atom is -0.481 e. The van der Waals surface area contributed by atoms with Gasteiger partial charge in [0.25, 0.3) is 5.91 Å². The Balaban J connectivity index is 2.92. The molecule has 0 aliphatic rings. The molecule has 104 valence electrons. The van der Waals surface area contributed by atoms with Crippen LogP contribution in [-0.4, -0.2) is 35.0 Å².